The van der Waals surface area contributed by atoms with Crippen molar-refractivity contribution in [3.8, 4) is 5.75 Å². The van der Waals surface area contributed by atoms with Crippen LogP contribution in [0.2, 0.25) is 0 Å². The number of methoxy groups -OCH3 is 1. The molecule has 0 aliphatic carbocycles. The van der Waals surface area contributed by atoms with Gasteiger partial charge in [0, 0.05) is 51.7 Å². The molecule has 0 saturated carbocycles. The van der Waals surface area contributed by atoms with Crippen molar-refractivity contribution in [1.29, 1.82) is 0 Å². The van der Waals surface area contributed by atoms with Gasteiger partial charge in [-0.3, -0.25) is 14.8 Å². The number of nitrogens with zero attached hydrogens (tertiary/aromatic N) is 3. The summed E-state index contributed by atoms with van der Waals surface area (Å²) in [5.41, 5.74) is 2.70. The van der Waals surface area contributed by atoms with Crippen LogP contribution in [0.1, 0.15) is 11.1 Å². The fraction of sp³-hybridized carbons (Fsp3) is 0.450. The van der Waals surface area contributed by atoms with Crippen LogP contribution in [0.25, 0.3) is 0 Å². The van der Waals surface area contributed by atoms with E-state index < -0.39 is 0 Å². The molecule has 3 heterocycles. The fourth-order valence-corrected chi connectivity index (χ4v) is 4.18. The standard InChI is InChI=1S/C20H25N3O/c1-24-20-6-4-16(5-7-20)10-22-12-18-14-23(15-19(18)13-22)11-17-3-2-8-21-9-17/h2-9,18-19H,10-15H2,1H3. The summed E-state index contributed by atoms with van der Waals surface area (Å²) in [7, 11) is 1.72. The minimum absolute atomic E-state index is 0.819. The lowest BCUT2D eigenvalue weighted by molar-refractivity contribution is 0.246. The number of rotatable bonds is 5. The Morgan fingerprint density at radius 3 is 2.08 bits per heavy atom. The molecule has 24 heavy (non-hydrogen) atoms. The van der Waals surface area contributed by atoms with Crippen molar-refractivity contribution >= 4 is 0 Å². The van der Waals surface area contributed by atoms with Crippen molar-refractivity contribution in [1.82, 2.24) is 14.8 Å². The Morgan fingerprint density at radius 1 is 0.917 bits per heavy atom. The van der Waals surface area contributed by atoms with E-state index in [1.807, 2.05) is 18.5 Å². The highest BCUT2D eigenvalue weighted by Gasteiger charge is 2.39. The molecule has 2 fully saturated rings. The minimum Gasteiger partial charge on any atom is -0.497 e. The molecule has 2 aliphatic rings. The summed E-state index contributed by atoms with van der Waals surface area (Å²) in [4.78, 5) is 9.43. The predicted octanol–water partition coefficient (Wildman–Crippen LogP) is 2.65. The highest BCUT2D eigenvalue weighted by molar-refractivity contribution is 5.27. The van der Waals surface area contributed by atoms with Crippen molar-refractivity contribution in [2.75, 3.05) is 33.3 Å². The first kappa shape index (κ1) is 15.6. The second-order valence-electron chi connectivity index (χ2n) is 7.12. The molecule has 0 bridgehead atoms. The van der Waals surface area contributed by atoms with Gasteiger partial charge in [0.25, 0.3) is 0 Å². The SMILES string of the molecule is COc1ccc(CN2CC3CN(Cc4cccnc4)CC3C2)cc1. The Kier molecular flexibility index (Phi) is 4.50. The van der Waals surface area contributed by atoms with Gasteiger partial charge in [-0.2, -0.15) is 0 Å². The number of aromatic nitrogens is 1. The number of benzene rings is 1. The second kappa shape index (κ2) is 6.91. The van der Waals surface area contributed by atoms with Crippen LogP contribution < -0.4 is 4.74 Å². The first-order valence-corrected chi connectivity index (χ1v) is 8.76. The summed E-state index contributed by atoms with van der Waals surface area (Å²) in [6.07, 6.45) is 3.84. The Hall–Kier alpha value is -1.91. The molecule has 4 rings (SSSR count). The molecule has 126 valence electrons. The third-order valence-electron chi connectivity index (χ3n) is 5.33. The lowest BCUT2D eigenvalue weighted by atomic mass is 10.0. The second-order valence-corrected chi connectivity index (χ2v) is 7.12. The number of pyridine rings is 1. The zero-order valence-corrected chi connectivity index (χ0v) is 14.3. The zero-order chi connectivity index (χ0) is 16.4. The summed E-state index contributed by atoms with van der Waals surface area (Å²) >= 11 is 0. The summed E-state index contributed by atoms with van der Waals surface area (Å²) in [6, 6.07) is 12.7. The van der Waals surface area contributed by atoms with Crippen LogP contribution in [0, 0.1) is 11.8 Å². The first-order chi connectivity index (χ1) is 11.8. The van der Waals surface area contributed by atoms with Gasteiger partial charge in [-0.25, -0.2) is 0 Å². The quantitative estimate of drug-likeness (QED) is 0.846. The Balaban J connectivity index is 1.29. The highest BCUT2D eigenvalue weighted by Crippen LogP contribution is 2.32. The molecule has 2 aliphatic heterocycles. The lowest BCUT2D eigenvalue weighted by Gasteiger charge is -2.21. The maximum Gasteiger partial charge on any atom is 0.118 e. The monoisotopic (exact) mass is 323 g/mol. The molecule has 0 N–H and O–H groups in total. The van der Waals surface area contributed by atoms with Crippen molar-refractivity contribution < 1.29 is 4.74 Å². The van der Waals surface area contributed by atoms with E-state index in [9.17, 15) is 0 Å². The number of ether oxygens (including phenoxy) is 1. The molecule has 4 nitrogen and oxygen atoms in total. The van der Waals surface area contributed by atoms with E-state index in [1.54, 1.807) is 7.11 Å². The van der Waals surface area contributed by atoms with E-state index in [0.717, 1.165) is 30.7 Å². The van der Waals surface area contributed by atoms with Gasteiger partial charge >= 0.3 is 0 Å². The smallest absolute Gasteiger partial charge is 0.118 e. The van der Waals surface area contributed by atoms with Gasteiger partial charge in [-0.1, -0.05) is 18.2 Å². The third kappa shape index (κ3) is 3.45. The molecule has 2 aromatic rings. The number of hydrogen-bond acceptors (Lipinski definition) is 4. The van der Waals surface area contributed by atoms with Gasteiger partial charge in [0.2, 0.25) is 0 Å². The Bertz CT molecular complexity index is 644. The Morgan fingerprint density at radius 2 is 1.54 bits per heavy atom. The maximum absolute atomic E-state index is 5.24. The van der Waals surface area contributed by atoms with E-state index in [0.29, 0.717) is 0 Å². The molecule has 1 aromatic heterocycles. The van der Waals surface area contributed by atoms with Gasteiger partial charge in [-0.05, 0) is 41.2 Å². The van der Waals surface area contributed by atoms with E-state index in [4.69, 9.17) is 4.74 Å². The minimum atomic E-state index is 0.819. The molecule has 2 atom stereocenters. The largest absolute Gasteiger partial charge is 0.497 e. The third-order valence-corrected chi connectivity index (χ3v) is 5.33. The first-order valence-electron chi connectivity index (χ1n) is 8.76. The van der Waals surface area contributed by atoms with E-state index >= 15 is 0 Å². The van der Waals surface area contributed by atoms with Gasteiger partial charge < -0.3 is 4.74 Å². The van der Waals surface area contributed by atoms with Crippen LogP contribution in [0.3, 0.4) is 0 Å². The van der Waals surface area contributed by atoms with Crippen molar-refractivity contribution in [2.24, 2.45) is 11.8 Å². The molecular weight excluding hydrogens is 298 g/mol. The summed E-state index contributed by atoms with van der Waals surface area (Å²) in [6.45, 7) is 6.98. The van der Waals surface area contributed by atoms with Gasteiger partial charge in [-0.15, -0.1) is 0 Å². The molecule has 0 amide bonds. The molecule has 0 spiro atoms. The predicted molar refractivity (Wildman–Crippen MR) is 94.8 cm³/mol. The van der Waals surface area contributed by atoms with Crippen molar-refractivity contribution in [2.45, 2.75) is 13.1 Å². The number of hydrogen-bond donors (Lipinski definition) is 0. The molecule has 2 unspecified atom stereocenters. The lowest BCUT2D eigenvalue weighted by Crippen LogP contribution is -2.28. The van der Waals surface area contributed by atoms with Crippen LogP contribution in [-0.2, 0) is 13.1 Å². The van der Waals surface area contributed by atoms with Gasteiger partial charge in [0.1, 0.15) is 5.75 Å². The molecule has 2 saturated heterocycles. The summed E-state index contributed by atoms with van der Waals surface area (Å²) < 4.78 is 5.24. The zero-order valence-electron chi connectivity index (χ0n) is 14.3. The maximum atomic E-state index is 5.24. The van der Waals surface area contributed by atoms with E-state index in [-0.39, 0.29) is 0 Å². The average Bonchev–Trinajstić information content (AvgIpc) is 3.14. The topological polar surface area (TPSA) is 28.6 Å². The van der Waals surface area contributed by atoms with Crippen LogP contribution in [0.5, 0.6) is 5.75 Å². The van der Waals surface area contributed by atoms with Crippen molar-refractivity contribution in [3.05, 3.63) is 59.9 Å². The van der Waals surface area contributed by atoms with Crippen LogP contribution in [0.4, 0.5) is 0 Å². The van der Waals surface area contributed by atoms with Crippen LogP contribution in [0.15, 0.2) is 48.8 Å². The van der Waals surface area contributed by atoms with Gasteiger partial charge in [0.05, 0.1) is 7.11 Å². The van der Waals surface area contributed by atoms with Gasteiger partial charge in [0.15, 0.2) is 0 Å². The summed E-state index contributed by atoms with van der Waals surface area (Å²) in [5, 5.41) is 0. The van der Waals surface area contributed by atoms with Crippen LogP contribution >= 0.6 is 0 Å². The molecule has 1 aromatic carbocycles. The number of fused-ring (bicyclic) bond motifs is 1. The van der Waals surface area contributed by atoms with E-state index in [2.05, 4.69) is 45.1 Å². The van der Waals surface area contributed by atoms with E-state index in [1.165, 1.54) is 37.3 Å². The summed E-state index contributed by atoms with van der Waals surface area (Å²) in [5.74, 6) is 2.57. The molecule has 0 radical (unpaired) electrons. The normalized spacial score (nSPS) is 24.2. The van der Waals surface area contributed by atoms with Crippen LogP contribution in [-0.4, -0.2) is 48.1 Å². The Labute approximate surface area is 144 Å². The molecule has 4 heteroatoms. The molecular formula is C20H25N3O. The average molecular weight is 323 g/mol. The highest BCUT2D eigenvalue weighted by atomic mass is 16.5. The number of likely N-dealkylation sites (tertiary alicyclic amines) is 2. The fourth-order valence-electron chi connectivity index (χ4n) is 4.18. The van der Waals surface area contributed by atoms with Crippen molar-refractivity contribution in [3.63, 3.8) is 0 Å².